The van der Waals surface area contributed by atoms with Gasteiger partial charge in [0.05, 0.1) is 18.3 Å². The molecule has 0 aliphatic carbocycles. The fourth-order valence-electron chi connectivity index (χ4n) is 6.39. The highest BCUT2D eigenvalue weighted by molar-refractivity contribution is 7.90. The van der Waals surface area contributed by atoms with Crippen molar-refractivity contribution >= 4 is 17.3 Å². The third-order valence-electron chi connectivity index (χ3n) is 8.53. The number of pyridine rings is 2. The maximum atomic E-state index is 13.8. The van der Waals surface area contributed by atoms with Gasteiger partial charge in [0.1, 0.15) is 10.4 Å². The van der Waals surface area contributed by atoms with Crippen LogP contribution in [0.15, 0.2) is 85.2 Å². The number of rotatable bonds is 9. The van der Waals surface area contributed by atoms with Gasteiger partial charge >= 0.3 is 0 Å². The topological polar surface area (TPSA) is 105 Å². The summed E-state index contributed by atoms with van der Waals surface area (Å²) in [6.07, 6.45) is 4.83. The van der Waals surface area contributed by atoms with E-state index >= 15 is 0 Å². The van der Waals surface area contributed by atoms with Crippen LogP contribution >= 0.6 is 0 Å². The normalized spacial score (nSPS) is 19.4. The summed E-state index contributed by atoms with van der Waals surface area (Å²) < 4.78 is 15.2. The highest BCUT2D eigenvalue weighted by Gasteiger charge is 2.45. The van der Waals surface area contributed by atoms with Crippen molar-refractivity contribution in [3.63, 3.8) is 0 Å². The summed E-state index contributed by atoms with van der Waals surface area (Å²) in [5.41, 5.74) is 7.07. The van der Waals surface area contributed by atoms with Crippen LogP contribution in [0.1, 0.15) is 66.8 Å². The molecule has 1 saturated heterocycles. The van der Waals surface area contributed by atoms with Crippen molar-refractivity contribution in [2.24, 2.45) is 0 Å². The molecule has 0 bridgehead atoms. The number of amides is 1. The maximum Gasteiger partial charge on any atom is 0.270 e. The smallest absolute Gasteiger partial charge is 0.270 e. The molecule has 9 heteroatoms. The van der Waals surface area contributed by atoms with Gasteiger partial charge in [-0.2, -0.15) is 0 Å². The fourth-order valence-corrected chi connectivity index (χ4v) is 7.79. The minimum atomic E-state index is -1.33. The zero-order valence-corrected chi connectivity index (χ0v) is 27.0. The van der Waals surface area contributed by atoms with E-state index in [0.717, 1.165) is 53.9 Å². The van der Waals surface area contributed by atoms with Crippen molar-refractivity contribution in [2.75, 3.05) is 19.7 Å². The van der Waals surface area contributed by atoms with Gasteiger partial charge in [-0.3, -0.25) is 14.7 Å². The molecule has 4 aromatic rings. The lowest BCUT2D eigenvalue weighted by molar-refractivity contribution is 0.0932. The van der Waals surface area contributed by atoms with Crippen LogP contribution in [0.25, 0.3) is 22.4 Å². The van der Waals surface area contributed by atoms with Gasteiger partial charge in [0.2, 0.25) is 0 Å². The molecule has 2 N–H and O–H groups in total. The zero-order valence-electron chi connectivity index (χ0n) is 26.1. The Morgan fingerprint density at radius 1 is 1.02 bits per heavy atom. The molecule has 0 radical (unpaired) electrons. The number of nitrogens with one attached hydrogen (secondary N) is 1. The Morgan fingerprint density at radius 3 is 2.51 bits per heavy atom. The van der Waals surface area contributed by atoms with Gasteiger partial charge in [-0.25, -0.2) is 4.98 Å². The summed E-state index contributed by atoms with van der Waals surface area (Å²) in [5.74, 6) is -0.204. The maximum absolute atomic E-state index is 13.8. The molecule has 1 unspecified atom stereocenters. The van der Waals surface area contributed by atoms with E-state index in [4.69, 9.17) is 4.98 Å². The number of nitrogens with zero attached hydrogens (tertiary/aromatic N) is 4. The van der Waals surface area contributed by atoms with E-state index in [-0.39, 0.29) is 24.6 Å². The largest absolute Gasteiger partial charge is 0.597 e. The van der Waals surface area contributed by atoms with E-state index < -0.39 is 16.1 Å². The van der Waals surface area contributed by atoms with Crippen LogP contribution in [-0.2, 0) is 24.5 Å². The lowest BCUT2D eigenvalue weighted by Crippen LogP contribution is -2.42. The first-order valence-electron chi connectivity index (χ1n) is 15.6. The van der Waals surface area contributed by atoms with E-state index in [1.807, 2.05) is 67.5 Å². The summed E-state index contributed by atoms with van der Waals surface area (Å²) in [6, 6.07) is 24.0. The van der Waals surface area contributed by atoms with Gasteiger partial charge in [-0.05, 0) is 80.1 Å². The van der Waals surface area contributed by atoms with Gasteiger partial charge in [0.15, 0.2) is 0 Å². The molecule has 0 spiro atoms. The zero-order chi connectivity index (χ0) is 31.6. The highest BCUT2D eigenvalue weighted by atomic mass is 32.2. The van der Waals surface area contributed by atoms with Gasteiger partial charge in [0.25, 0.3) is 5.91 Å². The average molecular weight is 624 g/mol. The Labute approximate surface area is 268 Å². The number of hydrogen-bond donors (Lipinski definition) is 2. The summed E-state index contributed by atoms with van der Waals surface area (Å²) in [5, 5.41) is 13.4. The Balaban J connectivity index is 1.34. The predicted octanol–water partition coefficient (Wildman–Crippen LogP) is 5.52. The molecule has 3 atom stereocenters. The molecule has 0 saturated carbocycles. The van der Waals surface area contributed by atoms with Gasteiger partial charge in [0, 0.05) is 67.2 Å². The second-order valence-electron chi connectivity index (χ2n) is 12.9. The van der Waals surface area contributed by atoms with Gasteiger partial charge < -0.3 is 15.0 Å². The van der Waals surface area contributed by atoms with Gasteiger partial charge in [-0.15, -0.1) is 4.31 Å². The van der Waals surface area contributed by atoms with Crippen LogP contribution in [0.3, 0.4) is 0 Å². The molecule has 1 fully saturated rings. The first-order chi connectivity index (χ1) is 21.7. The summed E-state index contributed by atoms with van der Waals surface area (Å²) in [4.78, 5) is 25.3. The predicted molar refractivity (Wildman–Crippen MR) is 178 cm³/mol. The van der Waals surface area contributed by atoms with Crippen molar-refractivity contribution in [3.8, 4) is 22.4 Å². The molecule has 2 aliphatic heterocycles. The van der Waals surface area contributed by atoms with Gasteiger partial charge in [-0.1, -0.05) is 48.5 Å². The minimum absolute atomic E-state index is 0.0294. The lowest BCUT2D eigenvalue weighted by Gasteiger charge is -2.33. The number of likely N-dealkylation sites (tertiary alicyclic amines) is 1. The van der Waals surface area contributed by atoms with Crippen LogP contribution in [0, 0.1) is 0 Å². The lowest BCUT2D eigenvalue weighted by atomic mass is 9.94. The van der Waals surface area contributed by atoms with Crippen molar-refractivity contribution in [1.82, 2.24) is 24.5 Å². The Morgan fingerprint density at radius 2 is 1.78 bits per heavy atom. The molecule has 6 rings (SSSR count). The van der Waals surface area contributed by atoms with Crippen LogP contribution in [0.2, 0.25) is 0 Å². The van der Waals surface area contributed by atoms with Crippen molar-refractivity contribution in [3.05, 3.63) is 108 Å². The molecule has 2 aromatic carbocycles. The van der Waals surface area contributed by atoms with E-state index in [2.05, 4.69) is 45.5 Å². The summed E-state index contributed by atoms with van der Waals surface area (Å²) in [7, 11) is 0. The molecule has 4 heterocycles. The first kappa shape index (κ1) is 31.4. The van der Waals surface area contributed by atoms with Crippen molar-refractivity contribution in [1.29, 1.82) is 0 Å². The standard InChI is InChI=1S/C36H41N5O3S/c1-36(2,3)45(44)41-23-29-21-31(35(43)38-30-14-18-40(24-30)22-25-8-5-4-6-9-25)39-34(33(29)32(41)15-19-42)28-11-7-10-27(20-28)26-12-16-37-17-13-26/h4-13,16-17,20-21,30,32,42H,14-15,18-19,22-24H2,1-3H3,(H,38,43)/t30-,32+,45?/m1/s1. The Hall–Kier alpha value is -3.60. The number of aliphatic hydroxyl groups is 1. The fraction of sp³-hybridized carbons (Fsp3) is 0.361. The third-order valence-corrected chi connectivity index (χ3v) is 10.4. The molecule has 45 heavy (non-hydrogen) atoms. The second-order valence-corrected chi connectivity index (χ2v) is 15.1. The average Bonchev–Trinajstić information content (AvgIpc) is 3.64. The third kappa shape index (κ3) is 6.98. The monoisotopic (exact) mass is 623 g/mol. The van der Waals surface area contributed by atoms with Crippen LogP contribution in [0.5, 0.6) is 0 Å². The van der Waals surface area contributed by atoms with E-state index in [1.165, 1.54) is 5.56 Å². The van der Waals surface area contributed by atoms with E-state index in [9.17, 15) is 14.5 Å². The Bertz CT molecular complexity index is 1630. The molecule has 1 amide bonds. The molecule has 2 aliphatic rings. The molecular weight excluding hydrogens is 582 g/mol. The molecule has 8 nitrogen and oxygen atoms in total. The number of aromatic nitrogens is 2. The van der Waals surface area contributed by atoms with Crippen LogP contribution in [0.4, 0.5) is 0 Å². The van der Waals surface area contributed by atoms with Crippen LogP contribution < -0.4 is 5.32 Å². The second kappa shape index (κ2) is 13.4. The molecule has 234 valence electrons. The number of carbonyl (C=O) groups is 1. The molecule has 2 aromatic heterocycles. The number of hydrogen-bond acceptors (Lipinski definition) is 7. The first-order valence-corrected chi connectivity index (χ1v) is 16.7. The minimum Gasteiger partial charge on any atom is -0.597 e. The SMILES string of the molecule is CC(C)(C)[S+]([O-])N1Cc2cc(C(=O)N[C@@H]3CCN(Cc4ccccc4)C3)nc(-c3cccc(-c4ccncc4)c3)c2[C@@H]1CCO. The number of fused-ring (bicyclic) bond motifs is 1. The molecular formula is C36H41N5O3S. The summed E-state index contributed by atoms with van der Waals surface area (Å²) in [6.45, 7) is 8.79. The van der Waals surface area contributed by atoms with Crippen molar-refractivity contribution < 1.29 is 14.5 Å². The van der Waals surface area contributed by atoms with Crippen LogP contribution in [-0.4, -0.2) is 65.2 Å². The number of carbonyl (C=O) groups excluding carboxylic acids is 1. The van der Waals surface area contributed by atoms with Crippen molar-refractivity contribution in [2.45, 2.75) is 63.5 Å². The quantitative estimate of drug-likeness (QED) is 0.237. The highest BCUT2D eigenvalue weighted by Crippen LogP contribution is 2.45. The van der Waals surface area contributed by atoms with E-state index in [1.54, 1.807) is 12.4 Å². The number of benzene rings is 2. The van der Waals surface area contributed by atoms with E-state index in [0.29, 0.717) is 24.4 Å². The summed E-state index contributed by atoms with van der Waals surface area (Å²) >= 11 is -1.33. The Kier molecular flexibility index (Phi) is 9.35. The number of aliphatic hydroxyl groups excluding tert-OH is 1.